The Bertz CT molecular complexity index is 1250. The summed E-state index contributed by atoms with van der Waals surface area (Å²) in [5.41, 5.74) is 0.731. The van der Waals surface area contributed by atoms with E-state index < -0.39 is 33.5 Å². The number of benzene rings is 3. The van der Waals surface area contributed by atoms with E-state index >= 15 is 0 Å². The van der Waals surface area contributed by atoms with Crippen LogP contribution in [0.25, 0.3) is 0 Å². The maximum atomic E-state index is 13.1. The van der Waals surface area contributed by atoms with Crippen LogP contribution in [0.5, 0.6) is 0 Å². The molecule has 0 saturated heterocycles. The smallest absolute Gasteiger partial charge is 0.338 e. The fourth-order valence-corrected chi connectivity index (χ4v) is 4.92. The lowest BCUT2D eigenvalue weighted by Gasteiger charge is -2.19. The highest BCUT2D eigenvalue weighted by Crippen LogP contribution is 2.35. The number of halogens is 1. The third kappa shape index (κ3) is 3.23. The van der Waals surface area contributed by atoms with Crippen LogP contribution >= 0.6 is 0 Å². The van der Waals surface area contributed by atoms with Crippen molar-refractivity contribution in [3.63, 3.8) is 0 Å². The number of ketones is 1. The zero-order valence-electron chi connectivity index (χ0n) is 15.3. The van der Waals surface area contributed by atoms with Gasteiger partial charge in [-0.05, 0) is 55.0 Å². The first-order valence-electron chi connectivity index (χ1n) is 8.78. The lowest BCUT2D eigenvalue weighted by Crippen LogP contribution is -2.21. The van der Waals surface area contributed by atoms with E-state index in [1.807, 2.05) is 0 Å². The average Bonchev–Trinajstić information content (AvgIpc) is 2.72. The molecule has 0 saturated carbocycles. The van der Waals surface area contributed by atoms with Crippen molar-refractivity contribution in [2.45, 2.75) is 22.8 Å². The quantitative estimate of drug-likeness (QED) is 0.475. The highest BCUT2D eigenvalue weighted by Gasteiger charge is 2.35. The predicted molar refractivity (Wildman–Crippen MR) is 102 cm³/mol. The number of carbonyl (C=O) groups is 2. The SMILES string of the molecule is C[C@@H](OC(=O)c1ccc2c(c1)S(=O)(=O)c1ccccc1C2=O)c1ccc(F)cc1. The average molecular weight is 410 g/mol. The third-order valence-corrected chi connectivity index (χ3v) is 6.65. The zero-order valence-corrected chi connectivity index (χ0v) is 16.1. The minimum Gasteiger partial charge on any atom is -0.454 e. The highest BCUT2D eigenvalue weighted by molar-refractivity contribution is 7.91. The molecule has 0 N–H and O–H groups in total. The summed E-state index contributed by atoms with van der Waals surface area (Å²) >= 11 is 0. The molecule has 3 aromatic carbocycles. The van der Waals surface area contributed by atoms with Crippen LogP contribution in [-0.4, -0.2) is 20.2 Å². The van der Waals surface area contributed by atoms with Crippen LogP contribution in [-0.2, 0) is 14.6 Å². The van der Waals surface area contributed by atoms with Crippen molar-refractivity contribution in [1.82, 2.24) is 0 Å². The van der Waals surface area contributed by atoms with Gasteiger partial charge in [0.25, 0.3) is 0 Å². The van der Waals surface area contributed by atoms with Gasteiger partial charge in [0.15, 0.2) is 5.78 Å². The molecule has 0 bridgehead atoms. The summed E-state index contributed by atoms with van der Waals surface area (Å²) in [4.78, 5) is 24.9. The summed E-state index contributed by atoms with van der Waals surface area (Å²) in [7, 11) is -3.95. The van der Waals surface area contributed by atoms with Crippen molar-refractivity contribution >= 4 is 21.6 Å². The number of rotatable bonds is 3. The molecule has 1 aliphatic heterocycles. The Labute approximate surface area is 166 Å². The van der Waals surface area contributed by atoms with Gasteiger partial charge in [-0.3, -0.25) is 4.79 Å². The molecule has 0 amide bonds. The van der Waals surface area contributed by atoms with Crippen LogP contribution in [0.2, 0.25) is 0 Å². The normalized spacial score (nSPS) is 15.2. The van der Waals surface area contributed by atoms with Gasteiger partial charge in [-0.25, -0.2) is 17.6 Å². The minimum atomic E-state index is -3.95. The molecule has 0 spiro atoms. The molecule has 0 fully saturated rings. The summed E-state index contributed by atoms with van der Waals surface area (Å²) in [5.74, 6) is -1.56. The number of hydrogen-bond donors (Lipinski definition) is 0. The second-order valence-electron chi connectivity index (χ2n) is 6.64. The second-order valence-corrected chi connectivity index (χ2v) is 8.53. The highest BCUT2D eigenvalue weighted by atomic mass is 32.2. The third-order valence-electron chi connectivity index (χ3n) is 4.80. The van der Waals surface area contributed by atoms with Gasteiger partial charge in [-0.15, -0.1) is 0 Å². The fourth-order valence-electron chi connectivity index (χ4n) is 3.24. The van der Waals surface area contributed by atoms with Gasteiger partial charge >= 0.3 is 5.97 Å². The van der Waals surface area contributed by atoms with E-state index in [0.717, 1.165) is 6.07 Å². The fraction of sp³-hybridized carbons (Fsp3) is 0.0909. The second kappa shape index (κ2) is 6.93. The van der Waals surface area contributed by atoms with Crippen molar-refractivity contribution < 1.29 is 27.1 Å². The summed E-state index contributed by atoms with van der Waals surface area (Å²) in [6.45, 7) is 1.63. The molecule has 0 aliphatic carbocycles. The largest absolute Gasteiger partial charge is 0.454 e. The molecule has 5 nitrogen and oxygen atoms in total. The predicted octanol–water partition coefficient (Wildman–Crippen LogP) is 4.12. The van der Waals surface area contributed by atoms with Crippen LogP contribution in [0, 0.1) is 5.82 Å². The molecule has 146 valence electrons. The molecule has 1 heterocycles. The summed E-state index contributed by atoms with van der Waals surface area (Å²) < 4.78 is 44.3. The van der Waals surface area contributed by atoms with E-state index in [0.29, 0.717) is 5.56 Å². The standard InChI is InChI=1S/C22H15FO5S/c1-13(14-6-9-16(23)10-7-14)28-22(25)15-8-11-18-20(12-15)29(26,27)19-5-3-2-4-17(19)21(18)24/h2-13H,1H3/t13-/m1/s1. The molecule has 0 radical (unpaired) electrons. The van der Waals surface area contributed by atoms with E-state index in [1.165, 1.54) is 54.6 Å². The Balaban J connectivity index is 1.68. The first-order valence-corrected chi connectivity index (χ1v) is 10.3. The number of esters is 1. The van der Waals surface area contributed by atoms with Crippen LogP contribution < -0.4 is 0 Å². The van der Waals surface area contributed by atoms with Gasteiger partial charge in [0.2, 0.25) is 9.84 Å². The number of ether oxygens (including phenoxy) is 1. The monoisotopic (exact) mass is 410 g/mol. The summed E-state index contributed by atoms with van der Waals surface area (Å²) in [6, 6.07) is 15.3. The van der Waals surface area contributed by atoms with Crippen molar-refractivity contribution in [2.24, 2.45) is 0 Å². The Kier molecular flexibility index (Phi) is 4.55. The molecule has 1 aliphatic rings. The molecule has 29 heavy (non-hydrogen) atoms. The van der Waals surface area contributed by atoms with E-state index in [4.69, 9.17) is 4.74 Å². The lowest BCUT2D eigenvalue weighted by atomic mass is 10.0. The van der Waals surface area contributed by atoms with E-state index in [9.17, 15) is 22.4 Å². The Morgan fingerprint density at radius 1 is 0.931 bits per heavy atom. The van der Waals surface area contributed by atoms with Gasteiger partial charge in [0.05, 0.1) is 15.4 Å². The Morgan fingerprint density at radius 2 is 1.59 bits per heavy atom. The van der Waals surface area contributed by atoms with Crippen LogP contribution in [0.1, 0.15) is 44.9 Å². The summed E-state index contributed by atoms with van der Waals surface area (Å²) in [6.07, 6.45) is -0.668. The molecule has 0 aromatic heterocycles. The number of sulfone groups is 1. The maximum absolute atomic E-state index is 13.1. The zero-order chi connectivity index (χ0) is 20.8. The number of carbonyl (C=O) groups excluding carboxylic acids is 2. The van der Waals surface area contributed by atoms with Crippen LogP contribution in [0.15, 0.2) is 76.5 Å². The van der Waals surface area contributed by atoms with Gasteiger partial charge in [-0.1, -0.05) is 24.3 Å². The molecular formula is C22H15FO5S. The first kappa shape index (κ1) is 19.0. The molecule has 3 aromatic rings. The molecule has 7 heteroatoms. The van der Waals surface area contributed by atoms with Crippen molar-refractivity contribution in [1.29, 1.82) is 0 Å². The number of fused-ring (bicyclic) bond motifs is 2. The van der Waals surface area contributed by atoms with Crippen LogP contribution in [0.4, 0.5) is 4.39 Å². The topological polar surface area (TPSA) is 77.5 Å². The van der Waals surface area contributed by atoms with Crippen LogP contribution in [0.3, 0.4) is 0 Å². The van der Waals surface area contributed by atoms with Crippen molar-refractivity contribution in [3.05, 3.63) is 94.8 Å². The lowest BCUT2D eigenvalue weighted by molar-refractivity contribution is 0.0337. The molecule has 1 atom stereocenters. The molecular weight excluding hydrogens is 395 g/mol. The molecule has 4 rings (SSSR count). The Morgan fingerprint density at radius 3 is 2.31 bits per heavy atom. The number of hydrogen-bond acceptors (Lipinski definition) is 5. The van der Waals surface area contributed by atoms with Gasteiger partial charge in [0, 0.05) is 11.1 Å². The van der Waals surface area contributed by atoms with Crippen molar-refractivity contribution in [2.75, 3.05) is 0 Å². The van der Waals surface area contributed by atoms with E-state index in [-0.39, 0.29) is 26.5 Å². The van der Waals surface area contributed by atoms with Gasteiger partial charge in [0.1, 0.15) is 11.9 Å². The first-order chi connectivity index (χ1) is 13.8. The van der Waals surface area contributed by atoms with E-state index in [1.54, 1.807) is 13.0 Å². The maximum Gasteiger partial charge on any atom is 0.338 e. The molecule has 0 unspecified atom stereocenters. The van der Waals surface area contributed by atoms with E-state index in [2.05, 4.69) is 0 Å². The summed E-state index contributed by atoms with van der Waals surface area (Å²) in [5, 5.41) is 0. The van der Waals surface area contributed by atoms with Gasteiger partial charge < -0.3 is 4.74 Å². The van der Waals surface area contributed by atoms with Gasteiger partial charge in [-0.2, -0.15) is 0 Å². The Hall–Kier alpha value is -3.32. The van der Waals surface area contributed by atoms with Crippen molar-refractivity contribution in [3.8, 4) is 0 Å². The minimum absolute atomic E-state index is 0.00784.